The lowest BCUT2D eigenvalue weighted by molar-refractivity contribution is -0.141. The Balaban J connectivity index is 2.35. The molecule has 6 heteroatoms. The van der Waals surface area contributed by atoms with Crippen LogP contribution in [0.2, 0.25) is 5.02 Å². The van der Waals surface area contributed by atoms with E-state index in [1.807, 2.05) is 52.0 Å². The molecule has 30 heavy (non-hydrogen) atoms. The Morgan fingerprint density at radius 2 is 1.83 bits per heavy atom. The normalized spacial score (nSPS) is 12.0. The number of benzene rings is 2. The number of nitrogens with one attached hydrogen (secondary N) is 1. The van der Waals surface area contributed by atoms with Gasteiger partial charge in [-0.05, 0) is 42.5 Å². The minimum atomic E-state index is -0.651. The third kappa shape index (κ3) is 6.30. The van der Waals surface area contributed by atoms with Crippen LogP contribution in [0, 0.1) is 18.7 Å². The van der Waals surface area contributed by atoms with Crippen molar-refractivity contribution in [2.45, 2.75) is 53.1 Å². The van der Waals surface area contributed by atoms with Crippen molar-refractivity contribution in [1.82, 2.24) is 10.2 Å². The Bertz CT molecular complexity index is 865. The molecule has 0 bridgehead atoms. The number of nitrogens with zero attached hydrogens (tertiary/aromatic N) is 1. The smallest absolute Gasteiger partial charge is 0.242 e. The second-order valence-electron chi connectivity index (χ2n) is 7.89. The highest BCUT2D eigenvalue weighted by molar-refractivity contribution is 6.31. The highest BCUT2D eigenvalue weighted by Gasteiger charge is 2.29. The first-order valence-electron chi connectivity index (χ1n) is 10.3. The molecule has 0 saturated carbocycles. The lowest BCUT2D eigenvalue weighted by Crippen LogP contribution is -2.50. The van der Waals surface area contributed by atoms with E-state index in [0.717, 1.165) is 11.1 Å². The van der Waals surface area contributed by atoms with Crippen molar-refractivity contribution in [1.29, 1.82) is 0 Å². The van der Waals surface area contributed by atoms with E-state index in [-0.39, 0.29) is 35.4 Å². The van der Waals surface area contributed by atoms with E-state index in [1.54, 1.807) is 11.0 Å². The molecule has 2 aromatic rings. The maximum absolute atomic E-state index is 14.3. The Labute approximate surface area is 183 Å². The van der Waals surface area contributed by atoms with Gasteiger partial charge in [-0.1, -0.05) is 62.7 Å². The number of hydrogen-bond acceptors (Lipinski definition) is 2. The summed E-state index contributed by atoms with van der Waals surface area (Å²) >= 11 is 6.13. The van der Waals surface area contributed by atoms with Gasteiger partial charge in [-0.25, -0.2) is 4.39 Å². The maximum atomic E-state index is 14.3. The highest BCUT2D eigenvalue weighted by Crippen LogP contribution is 2.22. The lowest BCUT2D eigenvalue weighted by atomic mass is 10.0. The molecule has 1 N–H and O–H groups in total. The fourth-order valence-corrected chi connectivity index (χ4v) is 3.50. The molecule has 0 spiro atoms. The van der Waals surface area contributed by atoms with Gasteiger partial charge in [-0.15, -0.1) is 0 Å². The van der Waals surface area contributed by atoms with Crippen LogP contribution < -0.4 is 5.32 Å². The van der Waals surface area contributed by atoms with Crippen LogP contribution in [-0.4, -0.2) is 29.3 Å². The molecule has 0 saturated heterocycles. The van der Waals surface area contributed by atoms with E-state index in [2.05, 4.69) is 5.32 Å². The van der Waals surface area contributed by atoms with Gasteiger partial charge in [-0.2, -0.15) is 0 Å². The molecule has 0 aliphatic rings. The zero-order valence-electron chi connectivity index (χ0n) is 18.0. The van der Waals surface area contributed by atoms with E-state index < -0.39 is 11.9 Å². The van der Waals surface area contributed by atoms with Gasteiger partial charge in [0.25, 0.3) is 0 Å². The van der Waals surface area contributed by atoms with Crippen molar-refractivity contribution in [3.63, 3.8) is 0 Å². The fraction of sp³-hybridized carbons (Fsp3) is 0.417. The van der Waals surface area contributed by atoms with Crippen LogP contribution in [0.4, 0.5) is 4.39 Å². The molecule has 0 aromatic heterocycles. The van der Waals surface area contributed by atoms with Gasteiger partial charge in [0.1, 0.15) is 11.9 Å². The molecule has 0 heterocycles. The third-order valence-electron chi connectivity index (χ3n) is 5.06. The Morgan fingerprint density at radius 3 is 2.43 bits per heavy atom. The number of rotatable bonds is 9. The van der Waals surface area contributed by atoms with E-state index in [9.17, 15) is 14.0 Å². The Morgan fingerprint density at radius 1 is 1.13 bits per heavy atom. The number of amides is 2. The second-order valence-corrected chi connectivity index (χ2v) is 8.30. The van der Waals surface area contributed by atoms with Gasteiger partial charge in [0.05, 0.1) is 6.42 Å². The van der Waals surface area contributed by atoms with Gasteiger partial charge in [0.15, 0.2) is 0 Å². The van der Waals surface area contributed by atoms with Gasteiger partial charge in [-0.3, -0.25) is 9.59 Å². The highest BCUT2D eigenvalue weighted by atomic mass is 35.5. The summed E-state index contributed by atoms with van der Waals surface area (Å²) in [5.74, 6) is -0.766. The number of aryl methyl sites for hydroxylation is 1. The number of halogens is 2. The van der Waals surface area contributed by atoms with E-state index >= 15 is 0 Å². The maximum Gasteiger partial charge on any atom is 0.242 e. The predicted molar refractivity (Wildman–Crippen MR) is 119 cm³/mol. The van der Waals surface area contributed by atoms with Gasteiger partial charge in [0, 0.05) is 23.7 Å². The molecule has 0 aliphatic carbocycles. The van der Waals surface area contributed by atoms with Crippen LogP contribution in [0.25, 0.3) is 0 Å². The van der Waals surface area contributed by atoms with Crippen molar-refractivity contribution < 1.29 is 14.0 Å². The summed E-state index contributed by atoms with van der Waals surface area (Å²) in [4.78, 5) is 27.7. The molecule has 2 amide bonds. The molecule has 0 fully saturated rings. The SMILES string of the molecule is CCC(C(=O)NCC(C)C)N(Cc1ccccc1C)C(=O)Cc1c(F)cccc1Cl. The lowest BCUT2D eigenvalue weighted by Gasteiger charge is -2.31. The molecule has 4 nitrogen and oxygen atoms in total. The van der Waals surface area contributed by atoms with Crippen molar-refractivity contribution in [3.05, 3.63) is 70.0 Å². The average Bonchev–Trinajstić information content (AvgIpc) is 2.70. The van der Waals surface area contributed by atoms with Crippen molar-refractivity contribution in [2.75, 3.05) is 6.54 Å². The zero-order valence-corrected chi connectivity index (χ0v) is 18.8. The summed E-state index contributed by atoms with van der Waals surface area (Å²) < 4.78 is 14.3. The summed E-state index contributed by atoms with van der Waals surface area (Å²) in [6, 6.07) is 11.4. The van der Waals surface area contributed by atoms with Crippen LogP contribution in [-0.2, 0) is 22.6 Å². The van der Waals surface area contributed by atoms with Gasteiger partial charge >= 0.3 is 0 Å². The van der Waals surface area contributed by atoms with Gasteiger partial charge < -0.3 is 10.2 Å². The van der Waals surface area contributed by atoms with Gasteiger partial charge in [0.2, 0.25) is 11.8 Å². The van der Waals surface area contributed by atoms with Crippen molar-refractivity contribution >= 4 is 23.4 Å². The average molecular weight is 433 g/mol. The van der Waals surface area contributed by atoms with E-state index in [1.165, 1.54) is 12.1 Å². The molecule has 1 atom stereocenters. The fourth-order valence-electron chi connectivity index (χ4n) is 3.27. The summed E-state index contributed by atoms with van der Waals surface area (Å²) in [7, 11) is 0. The third-order valence-corrected chi connectivity index (χ3v) is 5.42. The molecule has 2 aromatic carbocycles. The predicted octanol–water partition coefficient (Wildman–Crippen LogP) is 4.91. The topological polar surface area (TPSA) is 49.4 Å². The van der Waals surface area contributed by atoms with E-state index in [4.69, 9.17) is 11.6 Å². The minimum absolute atomic E-state index is 0.149. The summed E-state index contributed by atoms with van der Waals surface area (Å²) in [5, 5.41) is 3.13. The summed E-state index contributed by atoms with van der Waals surface area (Å²) in [5.41, 5.74) is 2.12. The number of carbonyl (C=O) groups excluding carboxylic acids is 2. The molecular weight excluding hydrogens is 403 g/mol. The second kappa shape index (κ2) is 11.1. The largest absolute Gasteiger partial charge is 0.354 e. The zero-order chi connectivity index (χ0) is 22.3. The Kier molecular flexibility index (Phi) is 8.85. The number of carbonyl (C=O) groups is 2. The van der Waals surface area contributed by atoms with Crippen molar-refractivity contribution in [2.24, 2.45) is 5.92 Å². The molecule has 2 rings (SSSR count). The van der Waals surface area contributed by atoms with Crippen LogP contribution in [0.1, 0.15) is 43.9 Å². The van der Waals surface area contributed by atoms with Crippen LogP contribution >= 0.6 is 11.6 Å². The summed E-state index contributed by atoms with van der Waals surface area (Å²) in [6.45, 7) is 8.65. The molecule has 0 radical (unpaired) electrons. The first kappa shape index (κ1) is 23.9. The molecule has 0 aliphatic heterocycles. The van der Waals surface area contributed by atoms with Crippen LogP contribution in [0.5, 0.6) is 0 Å². The Hall–Kier alpha value is -2.40. The van der Waals surface area contributed by atoms with Crippen LogP contribution in [0.3, 0.4) is 0 Å². The monoisotopic (exact) mass is 432 g/mol. The van der Waals surface area contributed by atoms with Crippen molar-refractivity contribution in [3.8, 4) is 0 Å². The molecule has 1 unspecified atom stereocenters. The quantitative estimate of drug-likeness (QED) is 0.612. The first-order chi connectivity index (χ1) is 14.2. The van der Waals surface area contributed by atoms with Crippen LogP contribution in [0.15, 0.2) is 42.5 Å². The summed E-state index contributed by atoms with van der Waals surface area (Å²) in [6.07, 6.45) is 0.248. The number of hydrogen-bond donors (Lipinski definition) is 1. The minimum Gasteiger partial charge on any atom is -0.354 e. The standard InChI is InChI=1S/C24H30ClFN2O2/c1-5-22(24(30)27-14-16(2)3)28(15-18-10-7-6-9-17(18)4)23(29)13-19-20(25)11-8-12-21(19)26/h6-12,16,22H,5,13-15H2,1-4H3,(H,27,30). The first-order valence-corrected chi connectivity index (χ1v) is 10.7. The molecule has 162 valence electrons. The van der Waals surface area contributed by atoms with E-state index in [0.29, 0.717) is 18.9 Å². The molecular formula is C24H30ClFN2O2.